The van der Waals surface area contributed by atoms with Gasteiger partial charge in [0.1, 0.15) is 5.75 Å². The fourth-order valence-electron chi connectivity index (χ4n) is 2.37. The lowest BCUT2D eigenvalue weighted by Gasteiger charge is -2.31. The van der Waals surface area contributed by atoms with Gasteiger partial charge < -0.3 is 10.1 Å². The largest absolute Gasteiger partial charge is 0.493 e. The van der Waals surface area contributed by atoms with Crippen LogP contribution in [0.25, 0.3) is 0 Å². The molecule has 0 aliphatic carbocycles. The molecule has 1 saturated heterocycles. The molecule has 3 heteroatoms. The summed E-state index contributed by atoms with van der Waals surface area (Å²) >= 11 is 0. The van der Waals surface area contributed by atoms with Crippen LogP contribution < -0.4 is 10.1 Å². The molecule has 1 heterocycles. The standard InChI is InChI=1S/C16H26N2O/c1-13(2)12-19-16-6-4-15(5-7-16)11-18-9-8-17-14(3)10-18/h4-7,13-14,17H,8-12H2,1-3H3/t14-/m0/s1. The van der Waals surface area contributed by atoms with Gasteiger partial charge in [-0.3, -0.25) is 4.90 Å². The maximum Gasteiger partial charge on any atom is 0.119 e. The topological polar surface area (TPSA) is 24.5 Å². The molecule has 1 atom stereocenters. The molecule has 0 amide bonds. The molecule has 19 heavy (non-hydrogen) atoms. The van der Waals surface area contributed by atoms with Crippen molar-refractivity contribution in [3.05, 3.63) is 29.8 Å². The third kappa shape index (κ3) is 4.84. The third-order valence-corrected chi connectivity index (χ3v) is 3.37. The minimum atomic E-state index is 0.571. The van der Waals surface area contributed by atoms with E-state index in [2.05, 4.69) is 55.3 Å². The van der Waals surface area contributed by atoms with E-state index in [0.717, 1.165) is 38.5 Å². The van der Waals surface area contributed by atoms with Crippen molar-refractivity contribution in [1.29, 1.82) is 0 Å². The summed E-state index contributed by atoms with van der Waals surface area (Å²) < 4.78 is 5.71. The quantitative estimate of drug-likeness (QED) is 0.882. The van der Waals surface area contributed by atoms with Crippen LogP contribution in [0.1, 0.15) is 26.3 Å². The van der Waals surface area contributed by atoms with Crippen LogP contribution in [-0.2, 0) is 6.54 Å². The molecule has 0 unspecified atom stereocenters. The Morgan fingerprint density at radius 1 is 1.32 bits per heavy atom. The summed E-state index contributed by atoms with van der Waals surface area (Å²) in [6, 6.07) is 9.14. The number of benzene rings is 1. The van der Waals surface area contributed by atoms with E-state index < -0.39 is 0 Å². The normalized spacial score (nSPS) is 20.7. The first-order valence-corrected chi connectivity index (χ1v) is 7.31. The molecule has 1 aromatic carbocycles. The highest BCUT2D eigenvalue weighted by molar-refractivity contribution is 5.27. The Labute approximate surface area is 116 Å². The van der Waals surface area contributed by atoms with Crippen molar-refractivity contribution in [2.24, 2.45) is 5.92 Å². The van der Waals surface area contributed by atoms with Gasteiger partial charge in [-0.2, -0.15) is 0 Å². The van der Waals surface area contributed by atoms with E-state index >= 15 is 0 Å². The maximum absolute atomic E-state index is 5.71. The average molecular weight is 262 g/mol. The summed E-state index contributed by atoms with van der Waals surface area (Å²) in [6.45, 7) is 11.8. The summed E-state index contributed by atoms with van der Waals surface area (Å²) in [5.41, 5.74) is 1.37. The highest BCUT2D eigenvalue weighted by atomic mass is 16.5. The van der Waals surface area contributed by atoms with Crippen LogP contribution >= 0.6 is 0 Å². The Balaban J connectivity index is 1.84. The van der Waals surface area contributed by atoms with Crippen LogP contribution in [-0.4, -0.2) is 37.2 Å². The number of rotatable bonds is 5. The number of piperazine rings is 1. The number of ether oxygens (including phenoxy) is 1. The zero-order valence-corrected chi connectivity index (χ0v) is 12.4. The lowest BCUT2D eigenvalue weighted by molar-refractivity contribution is 0.199. The van der Waals surface area contributed by atoms with Crippen molar-refractivity contribution in [3.8, 4) is 5.75 Å². The SMILES string of the molecule is CC(C)COc1ccc(CN2CCN[C@@H](C)C2)cc1. The van der Waals surface area contributed by atoms with Gasteiger partial charge in [-0.25, -0.2) is 0 Å². The van der Waals surface area contributed by atoms with Gasteiger partial charge >= 0.3 is 0 Å². The fraction of sp³-hybridized carbons (Fsp3) is 0.625. The van der Waals surface area contributed by atoms with Gasteiger partial charge in [0, 0.05) is 32.2 Å². The molecule has 0 aromatic heterocycles. The van der Waals surface area contributed by atoms with Crippen LogP contribution in [0, 0.1) is 5.92 Å². The lowest BCUT2D eigenvalue weighted by Crippen LogP contribution is -2.48. The minimum absolute atomic E-state index is 0.571. The van der Waals surface area contributed by atoms with E-state index in [-0.39, 0.29) is 0 Å². The number of hydrogen-bond acceptors (Lipinski definition) is 3. The van der Waals surface area contributed by atoms with Gasteiger partial charge in [0.25, 0.3) is 0 Å². The number of nitrogens with zero attached hydrogens (tertiary/aromatic N) is 1. The average Bonchev–Trinajstić information content (AvgIpc) is 2.38. The highest BCUT2D eigenvalue weighted by Crippen LogP contribution is 2.15. The van der Waals surface area contributed by atoms with Crippen molar-refractivity contribution in [2.45, 2.75) is 33.4 Å². The molecule has 0 bridgehead atoms. The fourth-order valence-corrected chi connectivity index (χ4v) is 2.37. The Morgan fingerprint density at radius 2 is 2.05 bits per heavy atom. The first-order chi connectivity index (χ1) is 9.13. The van der Waals surface area contributed by atoms with Crippen molar-refractivity contribution >= 4 is 0 Å². The molecular formula is C16H26N2O. The van der Waals surface area contributed by atoms with Crippen LogP contribution in [0.15, 0.2) is 24.3 Å². The van der Waals surface area contributed by atoms with E-state index in [0.29, 0.717) is 12.0 Å². The first-order valence-electron chi connectivity index (χ1n) is 7.31. The molecule has 0 spiro atoms. The number of hydrogen-bond donors (Lipinski definition) is 1. The Kier molecular flexibility index (Phi) is 5.23. The van der Waals surface area contributed by atoms with Gasteiger partial charge in [-0.05, 0) is 30.5 Å². The van der Waals surface area contributed by atoms with Crippen LogP contribution in [0.5, 0.6) is 5.75 Å². The van der Waals surface area contributed by atoms with E-state index in [1.165, 1.54) is 5.56 Å². The Morgan fingerprint density at radius 3 is 2.68 bits per heavy atom. The van der Waals surface area contributed by atoms with Crippen molar-refractivity contribution in [1.82, 2.24) is 10.2 Å². The summed E-state index contributed by atoms with van der Waals surface area (Å²) in [5, 5.41) is 3.47. The van der Waals surface area contributed by atoms with Crippen molar-refractivity contribution in [3.63, 3.8) is 0 Å². The van der Waals surface area contributed by atoms with E-state index in [9.17, 15) is 0 Å². The molecule has 3 nitrogen and oxygen atoms in total. The zero-order valence-electron chi connectivity index (χ0n) is 12.4. The van der Waals surface area contributed by atoms with Crippen LogP contribution in [0.4, 0.5) is 0 Å². The Bertz CT molecular complexity index is 375. The highest BCUT2D eigenvalue weighted by Gasteiger charge is 2.15. The molecule has 0 saturated carbocycles. The molecule has 2 rings (SSSR count). The predicted octanol–water partition coefficient (Wildman–Crippen LogP) is 2.52. The van der Waals surface area contributed by atoms with Gasteiger partial charge in [-0.15, -0.1) is 0 Å². The molecule has 1 aliphatic rings. The monoisotopic (exact) mass is 262 g/mol. The molecule has 1 aliphatic heterocycles. The lowest BCUT2D eigenvalue weighted by atomic mass is 10.1. The second-order valence-electron chi connectivity index (χ2n) is 5.94. The molecular weight excluding hydrogens is 236 g/mol. The molecule has 106 valence electrons. The summed E-state index contributed by atoms with van der Waals surface area (Å²) in [4.78, 5) is 2.51. The molecule has 1 fully saturated rings. The smallest absolute Gasteiger partial charge is 0.119 e. The van der Waals surface area contributed by atoms with E-state index in [4.69, 9.17) is 4.74 Å². The summed E-state index contributed by atoms with van der Waals surface area (Å²) in [5.74, 6) is 1.55. The maximum atomic E-state index is 5.71. The first kappa shape index (κ1) is 14.4. The summed E-state index contributed by atoms with van der Waals surface area (Å²) in [7, 11) is 0. The second kappa shape index (κ2) is 6.92. The van der Waals surface area contributed by atoms with Gasteiger partial charge in [0.05, 0.1) is 6.61 Å². The molecule has 0 radical (unpaired) electrons. The van der Waals surface area contributed by atoms with E-state index in [1.54, 1.807) is 0 Å². The van der Waals surface area contributed by atoms with Crippen LogP contribution in [0.3, 0.4) is 0 Å². The Hall–Kier alpha value is -1.06. The molecule has 1 aromatic rings. The van der Waals surface area contributed by atoms with Gasteiger partial charge in [0.15, 0.2) is 0 Å². The third-order valence-electron chi connectivity index (χ3n) is 3.37. The van der Waals surface area contributed by atoms with Gasteiger partial charge in [-0.1, -0.05) is 26.0 Å². The summed E-state index contributed by atoms with van der Waals surface area (Å²) in [6.07, 6.45) is 0. The molecule has 1 N–H and O–H groups in total. The minimum Gasteiger partial charge on any atom is -0.493 e. The van der Waals surface area contributed by atoms with Crippen molar-refractivity contribution < 1.29 is 4.74 Å². The van der Waals surface area contributed by atoms with Crippen molar-refractivity contribution in [2.75, 3.05) is 26.2 Å². The number of nitrogens with one attached hydrogen (secondary N) is 1. The van der Waals surface area contributed by atoms with E-state index in [1.807, 2.05) is 0 Å². The second-order valence-corrected chi connectivity index (χ2v) is 5.94. The predicted molar refractivity (Wildman–Crippen MR) is 79.5 cm³/mol. The van der Waals surface area contributed by atoms with Crippen LogP contribution in [0.2, 0.25) is 0 Å². The zero-order chi connectivity index (χ0) is 13.7. The van der Waals surface area contributed by atoms with Gasteiger partial charge in [0.2, 0.25) is 0 Å².